The van der Waals surface area contributed by atoms with E-state index in [1.54, 1.807) is 32.0 Å². The third-order valence-electron chi connectivity index (χ3n) is 2.97. The van der Waals surface area contributed by atoms with Gasteiger partial charge >= 0.3 is 0 Å². The van der Waals surface area contributed by atoms with E-state index in [9.17, 15) is 8.42 Å². The number of nitrogens with zero attached hydrogens (tertiary/aromatic N) is 2. The largest absolute Gasteiger partial charge is 0.275 e. The van der Waals surface area contributed by atoms with E-state index < -0.39 is 10.0 Å². The van der Waals surface area contributed by atoms with Gasteiger partial charge in [0.05, 0.1) is 16.4 Å². The number of thiazole rings is 1. The van der Waals surface area contributed by atoms with Crippen LogP contribution in [0.1, 0.15) is 16.3 Å². The van der Waals surface area contributed by atoms with Crippen molar-refractivity contribution < 1.29 is 8.42 Å². The predicted octanol–water partition coefficient (Wildman–Crippen LogP) is 3.55. The second-order valence-electron chi connectivity index (χ2n) is 4.51. The van der Waals surface area contributed by atoms with Crippen molar-refractivity contribution in [3.05, 3.63) is 39.5 Å². The first-order valence-corrected chi connectivity index (χ1v) is 8.56. The van der Waals surface area contributed by atoms with Gasteiger partial charge in [-0.15, -0.1) is 11.3 Å². The normalized spacial score (nSPS) is 11.7. The van der Waals surface area contributed by atoms with Crippen molar-refractivity contribution in [3.63, 3.8) is 0 Å². The van der Waals surface area contributed by atoms with Crippen LogP contribution in [0.4, 0.5) is 5.69 Å². The number of benzene rings is 1. The molecule has 0 spiro atoms. The fourth-order valence-corrected chi connectivity index (χ4v) is 4.79. The Hall–Kier alpha value is -1.11. The Kier molecular flexibility index (Phi) is 4.09. The number of hydrogen-bond acceptors (Lipinski definition) is 4. The van der Waals surface area contributed by atoms with Gasteiger partial charge in [0.2, 0.25) is 0 Å². The first-order chi connectivity index (χ1) is 9.23. The summed E-state index contributed by atoms with van der Waals surface area (Å²) in [7, 11) is -2.08. The molecule has 4 nitrogen and oxygen atoms in total. The fraction of sp³-hybridized carbons (Fsp3) is 0.308. The Bertz CT molecular complexity index is 754. The topological polar surface area (TPSA) is 50.3 Å². The number of hydrogen-bond donors (Lipinski definition) is 0. The number of aryl methyl sites for hydroxylation is 3. The highest BCUT2D eigenvalue weighted by Crippen LogP contribution is 2.30. The van der Waals surface area contributed by atoms with E-state index >= 15 is 0 Å². The minimum absolute atomic E-state index is 0.272. The van der Waals surface area contributed by atoms with Crippen molar-refractivity contribution >= 4 is 38.6 Å². The van der Waals surface area contributed by atoms with E-state index in [2.05, 4.69) is 4.98 Å². The van der Waals surface area contributed by atoms with Gasteiger partial charge in [-0.2, -0.15) is 0 Å². The van der Waals surface area contributed by atoms with Crippen molar-refractivity contribution in [1.82, 2.24) is 4.98 Å². The molecule has 20 heavy (non-hydrogen) atoms. The molecule has 0 N–H and O–H groups in total. The molecule has 0 bridgehead atoms. The Morgan fingerprint density at radius 2 is 1.90 bits per heavy atom. The monoisotopic (exact) mass is 330 g/mol. The predicted molar refractivity (Wildman–Crippen MR) is 83.4 cm³/mol. The molecule has 0 aliphatic rings. The third kappa shape index (κ3) is 2.68. The number of aromatic nitrogens is 1. The molecule has 0 saturated heterocycles. The molecule has 1 heterocycles. The molecule has 1 aromatic heterocycles. The van der Waals surface area contributed by atoms with Crippen molar-refractivity contribution in [2.75, 3.05) is 11.4 Å². The molecule has 0 aliphatic carbocycles. The summed E-state index contributed by atoms with van der Waals surface area (Å²) in [6, 6.07) is 5.19. The minimum Gasteiger partial charge on any atom is -0.269 e. The lowest BCUT2D eigenvalue weighted by Crippen LogP contribution is -2.26. The maximum atomic E-state index is 12.6. The molecule has 2 aromatic rings. The van der Waals surface area contributed by atoms with E-state index in [1.807, 2.05) is 6.92 Å². The number of anilines is 1. The van der Waals surface area contributed by atoms with Crippen molar-refractivity contribution in [3.8, 4) is 0 Å². The second kappa shape index (κ2) is 5.35. The zero-order chi connectivity index (χ0) is 15.1. The molecule has 0 aliphatic heterocycles. The van der Waals surface area contributed by atoms with Gasteiger partial charge in [-0.1, -0.05) is 17.7 Å². The van der Waals surface area contributed by atoms with Gasteiger partial charge in [-0.25, -0.2) is 13.4 Å². The van der Waals surface area contributed by atoms with E-state index in [0.717, 1.165) is 10.6 Å². The molecule has 0 atom stereocenters. The fourth-order valence-electron chi connectivity index (χ4n) is 1.79. The van der Waals surface area contributed by atoms with Crippen LogP contribution < -0.4 is 4.31 Å². The smallest absolute Gasteiger partial charge is 0.269 e. The molecule has 0 unspecified atom stereocenters. The minimum atomic E-state index is -3.60. The summed E-state index contributed by atoms with van der Waals surface area (Å²) in [5.41, 5.74) is 1.97. The van der Waals surface area contributed by atoms with Crippen LogP contribution in [-0.4, -0.2) is 20.4 Å². The van der Waals surface area contributed by atoms with Crippen LogP contribution >= 0.6 is 22.9 Å². The first-order valence-electron chi connectivity index (χ1n) is 5.92. The molecular weight excluding hydrogens is 316 g/mol. The van der Waals surface area contributed by atoms with Gasteiger partial charge in [0.15, 0.2) is 4.21 Å². The maximum Gasteiger partial charge on any atom is 0.275 e. The quantitative estimate of drug-likeness (QED) is 0.864. The van der Waals surface area contributed by atoms with E-state index in [1.165, 1.54) is 22.7 Å². The Morgan fingerprint density at radius 1 is 1.25 bits per heavy atom. The van der Waals surface area contributed by atoms with Crippen molar-refractivity contribution in [2.24, 2.45) is 0 Å². The molecule has 0 saturated carbocycles. The van der Waals surface area contributed by atoms with Crippen molar-refractivity contribution in [1.29, 1.82) is 0 Å². The van der Waals surface area contributed by atoms with E-state index in [-0.39, 0.29) is 4.21 Å². The average Bonchev–Trinajstić information content (AvgIpc) is 2.71. The zero-order valence-corrected chi connectivity index (χ0v) is 14.0. The lowest BCUT2D eigenvalue weighted by molar-refractivity contribution is 0.595. The number of sulfonamides is 1. The number of halogens is 1. The average molecular weight is 331 g/mol. The highest BCUT2D eigenvalue weighted by molar-refractivity contribution is 7.94. The summed E-state index contributed by atoms with van der Waals surface area (Å²) < 4.78 is 26.7. The van der Waals surface area contributed by atoms with Crippen LogP contribution in [0.25, 0.3) is 0 Å². The van der Waals surface area contributed by atoms with Gasteiger partial charge < -0.3 is 0 Å². The molecule has 0 radical (unpaired) electrons. The molecule has 0 fully saturated rings. The van der Waals surface area contributed by atoms with Crippen LogP contribution in [0, 0.1) is 20.8 Å². The van der Waals surface area contributed by atoms with Crippen LogP contribution in [0.3, 0.4) is 0 Å². The molecule has 0 amide bonds. The molecule has 7 heteroatoms. The summed E-state index contributed by atoms with van der Waals surface area (Å²) in [6.45, 7) is 5.36. The molecule has 2 rings (SSSR count). The second-order valence-corrected chi connectivity index (χ2v) is 8.29. The standard InChI is InChI=1S/C13H15ClN2O2S2/c1-8-5-6-11(7-12(8)14)16(4)20(17,18)13-9(2)15-10(3)19-13/h5-7H,1-4H3. The van der Waals surface area contributed by atoms with E-state index in [0.29, 0.717) is 16.4 Å². The molecular formula is C13H15ClN2O2S2. The Morgan fingerprint density at radius 3 is 2.40 bits per heavy atom. The van der Waals surface area contributed by atoms with Gasteiger partial charge in [0.25, 0.3) is 10.0 Å². The lowest BCUT2D eigenvalue weighted by Gasteiger charge is -2.19. The van der Waals surface area contributed by atoms with Gasteiger partial charge in [-0.3, -0.25) is 4.31 Å². The van der Waals surface area contributed by atoms with Crippen LogP contribution in [-0.2, 0) is 10.0 Å². The van der Waals surface area contributed by atoms with Crippen molar-refractivity contribution in [2.45, 2.75) is 25.0 Å². The summed E-state index contributed by atoms with van der Waals surface area (Å²) in [5, 5.41) is 1.28. The highest BCUT2D eigenvalue weighted by Gasteiger charge is 2.26. The summed E-state index contributed by atoms with van der Waals surface area (Å²) in [5.74, 6) is 0. The molecule has 1 aromatic carbocycles. The van der Waals surface area contributed by atoms with Crippen LogP contribution in [0.2, 0.25) is 5.02 Å². The maximum absolute atomic E-state index is 12.6. The third-order valence-corrected chi connectivity index (χ3v) is 6.83. The Balaban J connectivity index is 2.48. The van der Waals surface area contributed by atoms with Gasteiger partial charge in [-0.05, 0) is 38.5 Å². The highest BCUT2D eigenvalue weighted by atomic mass is 35.5. The van der Waals surface area contributed by atoms with Crippen LogP contribution in [0.15, 0.2) is 22.4 Å². The first kappa shape index (κ1) is 15.3. The number of rotatable bonds is 3. The van der Waals surface area contributed by atoms with Gasteiger partial charge in [0, 0.05) is 12.1 Å². The summed E-state index contributed by atoms with van der Waals surface area (Å²) in [6.07, 6.45) is 0. The van der Waals surface area contributed by atoms with Crippen LogP contribution in [0.5, 0.6) is 0 Å². The van der Waals surface area contributed by atoms with E-state index in [4.69, 9.17) is 11.6 Å². The molecule has 108 valence electrons. The SMILES string of the molecule is Cc1nc(C)c(S(=O)(=O)N(C)c2ccc(C)c(Cl)c2)s1. The Labute approximate surface area is 128 Å². The summed E-state index contributed by atoms with van der Waals surface area (Å²) in [4.78, 5) is 4.17. The zero-order valence-electron chi connectivity index (χ0n) is 11.6. The van der Waals surface area contributed by atoms with Gasteiger partial charge in [0.1, 0.15) is 0 Å². The summed E-state index contributed by atoms with van der Waals surface area (Å²) >= 11 is 7.24. The lowest BCUT2D eigenvalue weighted by atomic mass is 10.2.